The number of pyridine rings is 1. The van der Waals surface area contributed by atoms with Crippen LogP contribution in [0.4, 0.5) is 5.69 Å². The minimum Gasteiger partial charge on any atom is -0.295 e. The molecule has 0 aliphatic rings. The summed E-state index contributed by atoms with van der Waals surface area (Å²) in [5, 5.41) is 19.8. The molecule has 0 N–H and O–H groups in total. The van der Waals surface area contributed by atoms with Crippen LogP contribution in [0.5, 0.6) is 0 Å². The molecule has 0 fully saturated rings. The van der Waals surface area contributed by atoms with Crippen LogP contribution in [-0.4, -0.2) is 25.3 Å². The summed E-state index contributed by atoms with van der Waals surface area (Å²) in [5.74, 6) is -0.215. The van der Waals surface area contributed by atoms with Gasteiger partial charge in [-0.1, -0.05) is 6.07 Å². The normalized spacial score (nSPS) is 10.8. The van der Waals surface area contributed by atoms with Crippen molar-refractivity contribution in [3.63, 3.8) is 0 Å². The highest BCUT2D eigenvalue weighted by atomic mass is 32.2. The van der Waals surface area contributed by atoms with Crippen LogP contribution in [0.1, 0.15) is 17.3 Å². The molecule has 0 saturated carbocycles. The molecule has 0 aliphatic heterocycles. The van der Waals surface area contributed by atoms with E-state index in [0.717, 1.165) is 11.8 Å². The van der Waals surface area contributed by atoms with Crippen molar-refractivity contribution in [2.45, 2.75) is 17.0 Å². The summed E-state index contributed by atoms with van der Waals surface area (Å²) in [7, 11) is 0. The molecule has 0 atom stereocenters. The zero-order valence-corrected chi connectivity index (χ0v) is 12.3. The third kappa shape index (κ3) is 2.56. The summed E-state index contributed by atoms with van der Waals surface area (Å²) in [4.78, 5) is 22.5. The highest BCUT2D eigenvalue weighted by Gasteiger charge is 2.19. The first-order valence-corrected chi connectivity index (χ1v) is 7.15. The number of benzene rings is 1. The fourth-order valence-electron chi connectivity index (χ4n) is 1.95. The van der Waals surface area contributed by atoms with Gasteiger partial charge in [0.2, 0.25) is 5.16 Å². The van der Waals surface area contributed by atoms with Gasteiger partial charge in [-0.05, 0) is 43.0 Å². The highest BCUT2D eigenvalue weighted by molar-refractivity contribution is 7.99. The van der Waals surface area contributed by atoms with Crippen LogP contribution in [0.3, 0.4) is 0 Å². The molecule has 1 aromatic carbocycles. The molecule has 3 rings (SSSR count). The number of aromatic nitrogens is 3. The minimum absolute atomic E-state index is 0.120. The van der Waals surface area contributed by atoms with Gasteiger partial charge in [0.05, 0.1) is 9.82 Å². The number of hydrogen-bond donors (Lipinski definition) is 0. The van der Waals surface area contributed by atoms with Crippen molar-refractivity contribution in [2.24, 2.45) is 0 Å². The van der Waals surface area contributed by atoms with Gasteiger partial charge in [-0.25, -0.2) is 0 Å². The van der Waals surface area contributed by atoms with Crippen LogP contribution in [-0.2, 0) is 0 Å². The maximum absolute atomic E-state index is 11.4. The molecule has 110 valence electrons. The Labute approximate surface area is 129 Å². The predicted molar refractivity (Wildman–Crippen MR) is 80.2 cm³/mol. The lowest BCUT2D eigenvalue weighted by molar-refractivity contribution is -0.387. The van der Waals surface area contributed by atoms with Gasteiger partial charge in [0.15, 0.2) is 11.4 Å². The van der Waals surface area contributed by atoms with Gasteiger partial charge in [0, 0.05) is 17.8 Å². The number of carbonyl (C=O) groups excluding carboxylic acids is 1. The molecule has 3 aromatic rings. The van der Waals surface area contributed by atoms with Gasteiger partial charge < -0.3 is 0 Å². The van der Waals surface area contributed by atoms with E-state index in [-0.39, 0.29) is 11.5 Å². The number of nitro groups is 1. The third-order valence-corrected chi connectivity index (χ3v) is 4.07. The Morgan fingerprint density at radius 3 is 2.82 bits per heavy atom. The largest absolute Gasteiger partial charge is 0.295 e. The van der Waals surface area contributed by atoms with E-state index in [1.165, 1.54) is 13.0 Å². The quantitative estimate of drug-likeness (QED) is 0.418. The van der Waals surface area contributed by atoms with Gasteiger partial charge in [0.1, 0.15) is 0 Å². The summed E-state index contributed by atoms with van der Waals surface area (Å²) in [6, 6.07) is 9.87. The average Bonchev–Trinajstić information content (AvgIpc) is 2.90. The monoisotopic (exact) mass is 314 g/mol. The van der Waals surface area contributed by atoms with Crippen LogP contribution in [0.2, 0.25) is 0 Å². The predicted octanol–water partition coefficient (Wildman–Crippen LogP) is 2.99. The molecule has 2 heterocycles. The molecule has 0 saturated heterocycles. The molecule has 0 spiro atoms. The number of nitrogens with zero attached hydrogens (tertiary/aromatic N) is 4. The standard InChI is InChI=1S/C14H10N4O3S/c1-9(19)10-5-6-12(11(8-10)18(20)21)22-14-16-15-13-4-2-3-7-17(13)14/h2-8H,1H3. The molecule has 0 radical (unpaired) electrons. The van der Waals surface area contributed by atoms with Gasteiger partial charge >= 0.3 is 0 Å². The van der Waals surface area contributed by atoms with Gasteiger partial charge in [-0.2, -0.15) is 0 Å². The molecular formula is C14H10N4O3S. The van der Waals surface area contributed by atoms with Crippen LogP contribution < -0.4 is 0 Å². The molecular weight excluding hydrogens is 304 g/mol. The summed E-state index contributed by atoms with van der Waals surface area (Å²) in [6.07, 6.45) is 1.79. The van der Waals surface area contributed by atoms with E-state index in [1.807, 2.05) is 12.1 Å². The van der Waals surface area contributed by atoms with Crippen molar-refractivity contribution >= 4 is 28.9 Å². The minimum atomic E-state index is -0.502. The summed E-state index contributed by atoms with van der Waals surface area (Å²) >= 11 is 1.14. The number of ketones is 1. The lowest BCUT2D eigenvalue weighted by atomic mass is 10.1. The maximum atomic E-state index is 11.4. The fourth-order valence-corrected chi connectivity index (χ4v) is 2.86. The van der Waals surface area contributed by atoms with Crippen LogP contribution >= 0.6 is 11.8 Å². The van der Waals surface area contributed by atoms with Crippen molar-refractivity contribution in [1.82, 2.24) is 14.6 Å². The Hall–Kier alpha value is -2.74. The Bertz CT molecular complexity index is 891. The number of Topliss-reactive ketones (excluding diaryl/α,β-unsaturated/α-hetero) is 1. The van der Waals surface area contributed by atoms with Crippen LogP contribution in [0.25, 0.3) is 5.65 Å². The Morgan fingerprint density at radius 1 is 1.27 bits per heavy atom. The molecule has 0 bridgehead atoms. The van der Waals surface area contributed by atoms with E-state index in [0.29, 0.717) is 21.3 Å². The van der Waals surface area contributed by atoms with E-state index >= 15 is 0 Å². The molecule has 8 heteroatoms. The number of hydrogen-bond acceptors (Lipinski definition) is 6. The lowest BCUT2D eigenvalue weighted by Gasteiger charge is -2.03. The number of nitro benzene ring substituents is 1. The number of fused-ring (bicyclic) bond motifs is 1. The molecule has 0 amide bonds. The van der Waals surface area contributed by atoms with E-state index < -0.39 is 4.92 Å². The van der Waals surface area contributed by atoms with Gasteiger partial charge in [-0.15, -0.1) is 10.2 Å². The van der Waals surface area contributed by atoms with Gasteiger partial charge in [0.25, 0.3) is 5.69 Å². The van der Waals surface area contributed by atoms with Gasteiger partial charge in [-0.3, -0.25) is 19.3 Å². The van der Waals surface area contributed by atoms with Crippen molar-refractivity contribution < 1.29 is 9.72 Å². The molecule has 22 heavy (non-hydrogen) atoms. The molecule has 0 unspecified atom stereocenters. The zero-order valence-electron chi connectivity index (χ0n) is 11.5. The second-order valence-electron chi connectivity index (χ2n) is 4.51. The lowest BCUT2D eigenvalue weighted by Crippen LogP contribution is -1.97. The van der Waals surface area contributed by atoms with Crippen molar-refractivity contribution in [2.75, 3.05) is 0 Å². The summed E-state index contributed by atoms with van der Waals surface area (Å²) in [6.45, 7) is 1.37. The molecule has 0 aliphatic carbocycles. The van der Waals surface area contributed by atoms with Crippen LogP contribution in [0, 0.1) is 10.1 Å². The van der Waals surface area contributed by atoms with E-state index in [2.05, 4.69) is 10.2 Å². The Morgan fingerprint density at radius 2 is 2.09 bits per heavy atom. The second-order valence-corrected chi connectivity index (χ2v) is 5.52. The van der Waals surface area contributed by atoms with E-state index in [9.17, 15) is 14.9 Å². The van der Waals surface area contributed by atoms with Crippen molar-refractivity contribution in [1.29, 1.82) is 0 Å². The summed E-state index contributed by atoms with van der Waals surface area (Å²) in [5.41, 5.74) is 0.848. The molecule has 7 nitrogen and oxygen atoms in total. The Kier molecular flexibility index (Phi) is 3.60. The SMILES string of the molecule is CC(=O)c1ccc(Sc2nnc3ccccn23)c([N+](=O)[O-])c1. The molecule has 2 aromatic heterocycles. The second kappa shape index (κ2) is 5.57. The zero-order chi connectivity index (χ0) is 15.7. The summed E-state index contributed by atoms with van der Waals surface area (Å²) < 4.78 is 1.74. The topological polar surface area (TPSA) is 90.4 Å². The average molecular weight is 314 g/mol. The first-order valence-electron chi connectivity index (χ1n) is 6.33. The smallest absolute Gasteiger partial charge is 0.284 e. The number of rotatable bonds is 4. The van der Waals surface area contributed by atoms with E-state index in [4.69, 9.17) is 0 Å². The maximum Gasteiger partial charge on any atom is 0.284 e. The van der Waals surface area contributed by atoms with Crippen LogP contribution in [0.15, 0.2) is 52.6 Å². The Balaban J connectivity index is 2.05. The highest BCUT2D eigenvalue weighted by Crippen LogP contribution is 2.34. The van der Waals surface area contributed by atoms with Crippen molar-refractivity contribution in [3.8, 4) is 0 Å². The van der Waals surface area contributed by atoms with Crippen molar-refractivity contribution in [3.05, 3.63) is 58.3 Å². The first-order chi connectivity index (χ1) is 10.6. The van der Waals surface area contributed by atoms with E-state index in [1.54, 1.807) is 28.8 Å². The number of carbonyl (C=O) groups is 1. The first kappa shape index (κ1) is 14.2. The fraction of sp³-hybridized carbons (Fsp3) is 0.0714. The third-order valence-electron chi connectivity index (χ3n) is 3.05.